The molecule has 3 aromatic rings. The fourth-order valence-electron chi connectivity index (χ4n) is 3.29. The van der Waals surface area contributed by atoms with Crippen molar-refractivity contribution < 1.29 is 13.6 Å². The molecule has 0 N–H and O–H groups in total. The van der Waals surface area contributed by atoms with Gasteiger partial charge in [-0.05, 0) is 17.7 Å². The Kier molecular flexibility index (Phi) is 6.23. The quantitative estimate of drug-likeness (QED) is 0.577. The van der Waals surface area contributed by atoms with Gasteiger partial charge >= 0.3 is 0 Å². The number of hydrogen-bond donors (Lipinski definition) is 0. The van der Waals surface area contributed by atoms with E-state index in [1.165, 1.54) is 16.5 Å². The van der Waals surface area contributed by atoms with Gasteiger partial charge in [-0.3, -0.25) is 9.78 Å². The van der Waals surface area contributed by atoms with Crippen molar-refractivity contribution in [2.24, 2.45) is 0 Å². The molecule has 0 radical (unpaired) electrons. The Labute approximate surface area is 177 Å². The van der Waals surface area contributed by atoms with Crippen molar-refractivity contribution in [1.82, 2.24) is 14.9 Å². The first kappa shape index (κ1) is 20.3. The summed E-state index contributed by atoms with van der Waals surface area (Å²) in [6, 6.07) is 13.6. The highest BCUT2D eigenvalue weighted by Crippen LogP contribution is 2.23. The molecule has 1 saturated heterocycles. The molecule has 0 atom stereocenters. The molecule has 154 valence electrons. The summed E-state index contributed by atoms with van der Waals surface area (Å²) in [5.74, 6) is -0.760. The van der Waals surface area contributed by atoms with Gasteiger partial charge in [0.2, 0.25) is 0 Å². The summed E-state index contributed by atoms with van der Waals surface area (Å²) >= 11 is 1.61. The number of nitrogens with zero attached hydrogens (tertiary/aromatic N) is 4. The minimum atomic E-state index is -0.837. The normalized spacial score (nSPS) is 14.1. The summed E-state index contributed by atoms with van der Waals surface area (Å²) in [6.45, 7) is 1.75. The van der Waals surface area contributed by atoms with Gasteiger partial charge in [0.1, 0.15) is 28.0 Å². The molecule has 5 nitrogen and oxygen atoms in total. The number of aromatic nitrogens is 2. The summed E-state index contributed by atoms with van der Waals surface area (Å²) in [6.07, 6.45) is 3.43. The van der Waals surface area contributed by atoms with Gasteiger partial charge in [-0.2, -0.15) is 0 Å². The minimum Gasteiger partial charge on any atom is -0.352 e. The first-order valence-electron chi connectivity index (χ1n) is 9.59. The Hall–Kier alpha value is -3.00. The van der Waals surface area contributed by atoms with Crippen molar-refractivity contribution in [2.75, 3.05) is 31.1 Å². The average Bonchev–Trinajstić information content (AvgIpc) is 2.78. The molecule has 1 fully saturated rings. The fraction of sp³-hybridized carbons (Fsp3) is 0.227. The van der Waals surface area contributed by atoms with Crippen molar-refractivity contribution in [1.29, 1.82) is 0 Å². The molecule has 0 spiro atoms. The summed E-state index contributed by atoms with van der Waals surface area (Å²) in [5.41, 5.74) is 0.715. The highest BCUT2D eigenvalue weighted by Gasteiger charge is 2.27. The molecular weight excluding hydrogens is 406 g/mol. The molecule has 30 heavy (non-hydrogen) atoms. The highest BCUT2D eigenvalue weighted by atomic mass is 32.2. The molecule has 0 bridgehead atoms. The number of thioether (sulfide) groups is 1. The van der Waals surface area contributed by atoms with Crippen molar-refractivity contribution in [3.63, 3.8) is 0 Å². The van der Waals surface area contributed by atoms with Gasteiger partial charge in [-0.15, -0.1) is 11.8 Å². The van der Waals surface area contributed by atoms with Crippen LogP contribution >= 0.6 is 11.8 Å². The zero-order valence-electron chi connectivity index (χ0n) is 16.2. The molecule has 0 unspecified atom stereocenters. The van der Waals surface area contributed by atoms with E-state index in [1.807, 2.05) is 23.1 Å². The van der Waals surface area contributed by atoms with Crippen molar-refractivity contribution >= 4 is 23.5 Å². The number of carbonyl (C=O) groups is 1. The monoisotopic (exact) mass is 426 g/mol. The predicted octanol–water partition coefficient (Wildman–Crippen LogP) is 4.01. The van der Waals surface area contributed by atoms with Crippen LogP contribution in [0.4, 0.5) is 14.6 Å². The second-order valence-corrected chi connectivity index (χ2v) is 7.86. The number of piperazine rings is 1. The minimum absolute atomic E-state index is 0.357. The van der Waals surface area contributed by atoms with Gasteiger partial charge in [0, 0.05) is 31.9 Å². The van der Waals surface area contributed by atoms with Gasteiger partial charge in [0.25, 0.3) is 5.91 Å². The van der Waals surface area contributed by atoms with Crippen LogP contribution < -0.4 is 4.90 Å². The van der Waals surface area contributed by atoms with E-state index in [4.69, 9.17) is 0 Å². The van der Waals surface area contributed by atoms with Crippen LogP contribution in [0.3, 0.4) is 0 Å². The summed E-state index contributed by atoms with van der Waals surface area (Å²) in [5, 5.41) is 0.822. The number of rotatable bonds is 5. The van der Waals surface area contributed by atoms with Crippen LogP contribution in [0.2, 0.25) is 0 Å². The third-order valence-corrected chi connectivity index (χ3v) is 5.87. The number of carbonyl (C=O) groups excluding carboxylic acids is 1. The van der Waals surface area contributed by atoms with E-state index in [1.54, 1.807) is 24.2 Å². The van der Waals surface area contributed by atoms with Crippen LogP contribution in [0, 0.1) is 11.6 Å². The lowest BCUT2D eigenvalue weighted by Crippen LogP contribution is -2.49. The number of benzene rings is 2. The SMILES string of the molecule is O=C(c1c(F)cccc1F)N1CCN(c2cncc(SCc3ccccc3)n2)CC1. The molecule has 0 aliphatic carbocycles. The van der Waals surface area contributed by atoms with Crippen LogP contribution in [-0.2, 0) is 5.75 Å². The van der Waals surface area contributed by atoms with E-state index < -0.39 is 23.1 Å². The average molecular weight is 426 g/mol. The van der Waals surface area contributed by atoms with E-state index in [-0.39, 0.29) is 0 Å². The smallest absolute Gasteiger partial charge is 0.259 e. The van der Waals surface area contributed by atoms with Crippen molar-refractivity contribution in [3.05, 3.63) is 83.7 Å². The zero-order chi connectivity index (χ0) is 20.9. The Morgan fingerprint density at radius 2 is 1.63 bits per heavy atom. The van der Waals surface area contributed by atoms with Crippen molar-refractivity contribution in [2.45, 2.75) is 10.8 Å². The Balaban J connectivity index is 1.38. The zero-order valence-corrected chi connectivity index (χ0v) is 17.0. The molecule has 1 aliphatic heterocycles. The number of halogens is 2. The number of anilines is 1. The molecule has 1 aromatic heterocycles. The lowest BCUT2D eigenvalue weighted by Gasteiger charge is -2.35. The van der Waals surface area contributed by atoms with E-state index in [2.05, 4.69) is 22.1 Å². The molecule has 2 aromatic carbocycles. The summed E-state index contributed by atoms with van der Waals surface area (Å²) in [4.78, 5) is 25.0. The largest absolute Gasteiger partial charge is 0.352 e. The van der Waals surface area contributed by atoms with Crippen LogP contribution in [-0.4, -0.2) is 47.0 Å². The first-order chi connectivity index (χ1) is 14.6. The fourth-order valence-corrected chi connectivity index (χ4v) is 4.09. The van der Waals surface area contributed by atoms with Crippen LogP contribution in [0.5, 0.6) is 0 Å². The topological polar surface area (TPSA) is 49.3 Å². The molecule has 4 rings (SSSR count). The van der Waals surface area contributed by atoms with Gasteiger partial charge < -0.3 is 9.80 Å². The maximum Gasteiger partial charge on any atom is 0.259 e. The standard InChI is InChI=1S/C22H20F2N4OS/c23-17-7-4-8-18(24)21(17)22(29)28-11-9-27(10-12-28)19-13-25-14-20(26-19)30-15-16-5-2-1-3-6-16/h1-8,13-14H,9-12,15H2. The molecule has 2 heterocycles. The molecule has 1 aliphatic rings. The third kappa shape index (κ3) is 4.59. The molecule has 0 saturated carbocycles. The summed E-state index contributed by atoms with van der Waals surface area (Å²) in [7, 11) is 0. The van der Waals surface area contributed by atoms with Crippen LogP contribution in [0.15, 0.2) is 66.0 Å². The van der Waals surface area contributed by atoms with E-state index >= 15 is 0 Å². The Bertz CT molecular complexity index is 1010. The van der Waals surface area contributed by atoms with Gasteiger partial charge in [0.05, 0.1) is 12.4 Å². The highest BCUT2D eigenvalue weighted by molar-refractivity contribution is 7.98. The van der Waals surface area contributed by atoms with Gasteiger partial charge in [-0.1, -0.05) is 36.4 Å². The third-order valence-electron chi connectivity index (χ3n) is 4.90. The molecule has 1 amide bonds. The van der Waals surface area contributed by atoms with Crippen molar-refractivity contribution in [3.8, 4) is 0 Å². The van der Waals surface area contributed by atoms with Crippen LogP contribution in [0.25, 0.3) is 0 Å². The van der Waals surface area contributed by atoms with Gasteiger partial charge in [-0.25, -0.2) is 13.8 Å². The molecule has 8 heteroatoms. The maximum absolute atomic E-state index is 13.9. The maximum atomic E-state index is 13.9. The summed E-state index contributed by atoms with van der Waals surface area (Å²) < 4.78 is 27.8. The van der Waals surface area contributed by atoms with Crippen LogP contribution in [0.1, 0.15) is 15.9 Å². The van der Waals surface area contributed by atoms with E-state index in [0.717, 1.165) is 28.7 Å². The second kappa shape index (κ2) is 9.21. The van der Waals surface area contributed by atoms with E-state index in [9.17, 15) is 13.6 Å². The number of hydrogen-bond acceptors (Lipinski definition) is 5. The lowest BCUT2D eigenvalue weighted by molar-refractivity contribution is 0.0736. The number of amides is 1. The van der Waals surface area contributed by atoms with E-state index in [0.29, 0.717) is 26.2 Å². The predicted molar refractivity (Wildman–Crippen MR) is 113 cm³/mol. The van der Waals surface area contributed by atoms with Gasteiger partial charge in [0.15, 0.2) is 0 Å². The first-order valence-corrected chi connectivity index (χ1v) is 10.6. The Morgan fingerprint density at radius 1 is 0.933 bits per heavy atom. The second-order valence-electron chi connectivity index (χ2n) is 6.87. The lowest BCUT2D eigenvalue weighted by atomic mass is 10.1. The Morgan fingerprint density at radius 3 is 2.33 bits per heavy atom. The molecular formula is C22H20F2N4OS.